The molecule has 2 rings (SSSR count). The summed E-state index contributed by atoms with van der Waals surface area (Å²) in [4.78, 5) is 13.4. The second kappa shape index (κ2) is 14.8. The summed E-state index contributed by atoms with van der Waals surface area (Å²) < 4.78 is 5.77. The Morgan fingerprint density at radius 1 is 0.800 bits per heavy atom. The molecule has 0 fully saturated rings. The number of nitrogens with one attached hydrogen (secondary N) is 1. The van der Waals surface area contributed by atoms with Crippen LogP contribution in [0.4, 0.5) is 0 Å². The Kier molecular flexibility index (Phi) is 11.9. The highest BCUT2D eigenvalue weighted by atomic mass is 16.5. The van der Waals surface area contributed by atoms with Gasteiger partial charge >= 0.3 is 0 Å². The molecule has 0 heterocycles. The second-order valence-electron chi connectivity index (χ2n) is 8.07. The molecule has 0 saturated carbocycles. The van der Waals surface area contributed by atoms with Gasteiger partial charge in [0.05, 0.1) is 6.42 Å². The van der Waals surface area contributed by atoms with E-state index in [9.17, 15) is 4.79 Å². The van der Waals surface area contributed by atoms with Gasteiger partial charge in [0.15, 0.2) is 0 Å². The van der Waals surface area contributed by atoms with Crippen LogP contribution in [0.2, 0.25) is 0 Å². The van der Waals surface area contributed by atoms with Crippen molar-refractivity contribution in [3.05, 3.63) is 71.3 Å². The fraction of sp³-hybridized carbons (Fsp3) is 0.500. The van der Waals surface area contributed by atoms with E-state index in [4.69, 9.17) is 4.74 Å². The van der Waals surface area contributed by atoms with E-state index in [1.165, 1.54) is 24.0 Å². The minimum Gasteiger partial charge on any atom is -0.381 e. The van der Waals surface area contributed by atoms with Crippen LogP contribution in [0.15, 0.2) is 54.6 Å². The minimum absolute atomic E-state index is 0.142. The van der Waals surface area contributed by atoms with E-state index in [2.05, 4.69) is 59.9 Å². The van der Waals surface area contributed by atoms with E-state index in [1.54, 1.807) is 19.0 Å². The van der Waals surface area contributed by atoms with Crippen molar-refractivity contribution in [3.8, 4) is 0 Å². The molecule has 4 heteroatoms. The van der Waals surface area contributed by atoms with Gasteiger partial charge in [0.1, 0.15) is 0 Å². The summed E-state index contributed by atoms with van der Waals surface area (Å²) in [5.41, 5.74) is 3.76. The van der Waals surface area contributed by atoms with Gasteiger partial charge in [-0.05, 0) is 61.8 Å². The molecule has 1 amide bonds. The predicted molar refractivity (Wildman–Crippen MR) is 125 cm³/mol. The Morgan fingerprint density at radius 3 is 2.17 bits per heavy atom. The summed E-state index contributed by atoms with van der Waals surface area (Å²) in [6.07, 6.45) is 7.33. The molecule has 0 atom stereocenters. The highest BCUT2D eigenvalue weighted by Gasteiger charge is 2.05. The molecule has 0 aliphatic rings. The molecular weight excluding hydrogens is 372 g/mol. The average Bonchev–Trinajstić information content (AvgIpc) is 2.76. The molecule has 0 bridgehead atoms. The van der Waals surface area contributed by atoms with Gasteiger partial charge in [-0.25, -0.2) is 0 Å². The third-order valence-electron chi connectivity index (χ3n) is 5.20. The first-order chi connectivity index (χ1) is 14.6. The van der Waals surface area contributed by atoms with Crippen LogP contribution in [0.3, 0.4) is 0 Å². The van der Waals surface area contributed by atoms with E-state index in [-0.39, 0.29) is 5.91 Å². The highest BCUT2D eigenvalue weighted by molar-refractivity contribution is 5.78. The number of amides is 1. The number of unbranched alkanes of at least 4 members (excludes halogenated alkanes) is 3. The summed E-state index contributed by atoms with van der Waals surface area (Å²) in [5, 5.41) is 3.49. The summed E-state index contributed by atoms with van der Waals surface area (Å²) in [6, 6.07) is 19.0. The highest BCUT2D eigenvalue weighted by Crippen LogP contribution is 2.09. The summed E-state index contributed by atoms with van der Waals surface area (Å²) in [7, 11) is 3.59. The van der Waals surface area contributed by atoms with Crippen LogP contribution in [0.25, 0.3) is 0 Å². The molecule has 0 spiro atoms. The monoisotopic (exact) mass is 410 g/mol. The molecular formula is C26H38N2O2. The first-order valence-corrected chi connectivity index (χ1v) is 11.3. The number of carbonyl (C=O) groups is 1. The van der Waals surface area contributed by atoms with Crippen molar-refractivity contribution in [2.75, 3.05) is 33.9 Å². The molecule has 1 N–H and O–H groups in total. The molecule has 0 aromatic heterocycles. The van der Waals surface area contributed by atoms with Crippen molar-refractivity contribution in [3.63, 3.8) is 0 Å². The standard InChI is InChI=1S/C26H38N2O2/c1-28(2)26(29)21-24-16-14-23(15-17-24)11-7-10-20-30-19-9-4-8-18-27-22-25-12-5-3-6-13-25/h3,5-6,12-17,27H,4,7-11,18-22H2,1-2H3. The Labute approximate surface area is 182 Å². The molecule has 164 valence electrons. The Bertz CT molecular complexity index is 699. The number of rotatable bonds is 15. The Balaban J connectivity index is 1.40. The number of ether oxygens (including phenoxy) is 1. The van der Waals surface area contributed by atoms with Gasteiger partial charge < -0.3 is 15.0 Å². The maximum absolute atomic E-state index is 11.7. The van der Waals surface area contributed by atoms with E-state index in [0.29, 0.717) is 6.42 Å². The number of aryl methyl sites for hydroxylation is 1. The van der Waals surface area contributed by atoms with Gasteiger partial charge in [-0.2, -0.15) is 0 Å². The number of carbonyl (C=O) groups excluding carboxylic acids is 1. The smallest absolute Gasteiger partial charge is 0.226 e. The van der Waals surface area contributed by atoms with Gasteiger partial charge in [-0.1, -0.05) is 54.6 Å². The van der Waals surface area contributed by atoms with E-state index < -0.39 is 0 Å². The van der Waals surface area contributed by atoms with Gasteiger partial charge in [-0.3, -0.25) is 4.79 Å². The van der Waals surface area contributed by atoms with Crippen molar-refractivity contribution in [1.29, 1.82) is 0 Å². The number of hydrogen-bond acceptors (Lipinski definition) is 3. The molecule has 0 aliphatic carbocycles. The van der Waals surface area contributed by atoms with E-state index in [1.807, 2.05) is 0 Å². The van der Waals surface area contributed by atoms with Crippen molar-refractivity contribution in [1.82, 2.24) is 10.2 Å². The van der Waals surface area contributed by atoms with Crippen molar-refractivity contribution in [2.45, 2.75) is 51.5 Å². The molecule has 0 unspecified atom stereocenters. The molecule has 4 nitrogen and oxygen atoms in total. The maximum atomic E-state index is 11.7. The quantitative estimate of drug-likeness (QED) is 0.436. The summed E-state index contributed by atoms with van der Waals surface area (Å²) in [5.74, 6) is 0.142. The lowest BCUT2D eigenvalue weighted by atomic mass is 10.0. The zero-order valence-corrected chi connectivity index (χ0v) is 18.7. The lowest BCUT2D eigenvalue weighted by molar-refractivity contribution is -0.127. The topological polar surface area (TPSA) is 41.6 Å². The van der Waals surface area contributed by atoms with Gasteiger partial charge in [0.2, 0.25) is 5.91 Å². The second-order valence-corrected chi connectivity index (χ2v) is 8.07. The zero-order chi connectivity index (χ0) is 21.4. The van der Waals surface area contributed by atoms with Crippen LogP contribution in [0.5, 0.6) is 0 Å². The van der Waals surface area contributed by atoms with Gasteiger partial charge in [0, 0.05) is 33.9 Å². The zero-order valence-electron chi connectivity index (χ0n) is 18.7. The molecule has 0 aliphatic heterocycles. The van der Waals surface area contributed by atoms with Crippen molar-refractivity contribution < 1.29 is 9.53 Å². The molecule has 2 aromatic rings. The first kappa shape index (κ1) is 24.1. The van der Waals surface area contributed by atoms with Crippen LogP contribution in [-0.4, -0.2) is 44.7 Å². The van der Waals surface area contributed by atoms with Gasteiger partial charge in [-0.15, -0.1) is 0 Å². The minimum atomic E-state index is 0.142. The summed E-state index contributed by atoms with van der Waals surface area (Å²) >= 11 is 0. The molecule has 2 aromatic carbocycles. The molecule has 30 heavy (non-hydrogen) atoms. The van der Waals surface area contributed by atoms with E-state index in [0.717, 1.165) is 57.6 Å². The lowest BCUT2D eigenvalue weighted by Crippen LogP contribution is -2.23. The third-order valence-corrected chi connectivity index (χ3v) is 5.20. The fourth-order valence-electron chi connectivity index (χ4n) is 3.25. The SMILES string of the molecule is CN(C)C(=O)Cc1ccc(CCCCOCCCCCNCc2ccccc2)cc1. The van der Waals surface area contributed by atoms with Gasteiger partial charge in [0.25, 0.3) is 0 Å². The van der Waals surface area contributed by atoms with Crippen molar-refractivity contribution >= 4 is 5.91 Å². The van der Waals surface area contributed by atoms with Crippen LogP contribution in [0, 0.1) is 0 Å². The number of hydrogen-bond donors (Lipinski definition) is 1. The van der Waals surface area contributed by atoms with Crippen molar-refractivity contribution in [2.24, 2.45) is 0 Å². The number of nitrogens with zero attached hydrogens (tertiary/aromatic N) is 1. The number of likely N-dealkylation sites (N-methyl/N-ethyl adjacent to an activating group) is 1. The fourth-order valence-corrected chi connectivity index (χ4v) is 3.25. The largest absolute Gasteiger partial charge is 0.381 e. The lowest BCUT2D eigenvalue weighted by Gasteiger charge is -2.10. The van der Waals surface area contributed by atoms with E-state index >= 15 is 0 Å². The maximum Gasteiger partial charge on any atom is 0.226 e. The van der Waals surface area contributed by atoms with Crippen LogP contribution < -0.4 is 5.32 Å². The van der Waals surface area contributed by atoms with Crippen LogP contribution in [-0.2, 0) is 28.9 Å². The van der Waals surface area contributed by atoms with Crippen LogP contribution in [0.1, 0.15) is 48.8 Å². The number of benzene rings is 2. The van der Waals surface area contributed by atoms with Crippen LogP contribution >= 0.6 is 0 Å². The predicted octanol–water partition coefficient (Wildman–Crippen LogP) is 4.62. The summed E-state index contributed by atoms with van der Waals surface area (Å²) in [6.45, 7) is 3.74. The molecule has 0 radical (unpaired) electrons. The third kappa shape index (κ3) is 10.6. The molecule has 0 saturated heterocycles. The Morgan fingerprint density at radius 2 is 1.47 bits per heavy atom. The average molecular weight is 411 g/mol. The Hall–Kier alpha value is -2.17. The normalized spacial score (nSPS) is 10.9. The first-order valence-electron chi connectivity index (χ1n) is 11.3.